The lowest BCUT2D eigenvalue weighted by Crippen LogP contribution is -2.47. The Hall–Kier alpha value is -1.11. The molecule has 1 aliphatic heterocycles. The second kappa shape index (κ2) is 3.94. The molecule has 1 aromatic heterocycles. The first-order valence-corrected chi connectivity index (χ1v) is 5.86. The molecule has 0 saturated carbocycles. The second-order valence-corrected chi connectivity index (χ2v) is 5.71. The third-order valence-corrected chi connectivity index (χ3v) is 3.23. The molecule has 18 heavy (non-hydrogen) atoms. The largest absolute Gasteiger partial charge is 0.451 e. The molecule has 7 heteroatoms. The molecule has 0 amide bonds. The summed E-state index contributed by atoms with van der Waals surface area (Å²) >= 11 is 0. The van der Waals surface area contributed by atoms with E-state index in [-0.39, 0.29) is 11.6 Å². The quantitative estimate of drug-likeness (QED) is 0.720. The van der Waals surface area contributed by atoms with Gasteiger partial charge in [0.05, 0.1) is 6.54 Å². The fourth-order valence-electron chi connectivity index (χ4n) is 2.23. The van der Waals surface area contributed by atoms with E-state index in [1.165, 1.54) is 4.57 Å². The number of rotatable bonds is 0. The zero-order valence-electron chi connectivity index (χ0n) is 10.9. The van der Waals surface area contributed by atoms with Gasteiger partial charge in [-0.3, -0.25) is 4.90 Å². The Morgan fingerprint density at radius 2 is 1.78 bits per heavy atom. The monoisotopic (exact) mass is 262 g/mol. The van der Waals surface area contributed by atoms with Crippen LogP contribution >= 0.6 is 0 Å². The first kappa shape index (κ1) is 13.3. The molecule has 0 aliphatic carbocycles. The molecule has 4 nitrogen and oxygen atoms in total. The fourth-order valence-corrected chi connectivity index (χ4v) is 2.23. The summed E-state index contributed by atoms with van der Waals surface area (Å²) in [7, 11) is 0. The van der Waals surface area contributed by atoms with E-state index in [1.807, 2.05) is 20.8 Å². The number of halogens is 3. The first-order chi connectivity index (χ1) is 8.10. The van der Waals surface area contributed by atoms with Gasteiger partial charge in [0.25, 0.3) is 0 Å². The highest BCUT2D eigenvalue weighted by molar-refractivity contribution is 5.06. The number of hydrogen-bond acceptors (Lipinski definition) is 3. The van der Waals surface area contributed by atoms with Crippen molar-refractivity contribution < 1.29 is 13.2 Å². The van der Waals surface area contributed by atoms with Crippen LogP contribution in [0.5, 0.6) is 0 Å². The van der Waals surface area contributed by atoms with E-state index in [0.29, 0.717) is 18.9 Å². The summed E-state index contributed by atoms with van der Waals surface area (Å²) in [5.41, 5.74) is -0.0934. The van der Waals surface area contributed by atoms with E-state index in [4.69, 9.17) is 0 Å². The lowest BCUT2D eigenvalue weighted by Gasteiger charge is -2.41. The maximum Gasteiger partial charge on any atom is 0.451 e. The van der Waals surface area contributed by atoms with Gasteiger partial charge in [-0.15, -0.1) is 10.2 Å². The highest BCUT2D eigenvalue weighted by Gasteiger charge is 2.42. The molecule has 0 aromatic carbocycles. The van der Waals surface area contributed by atoms with Crippen LogP contribution in [0.25, 0.3) is 0 Å². The zero-order valence-corrected chi connectivity index (χ0v) is 10.9. The Labute approximate surface area is 104 Å². The van der Waals surface area contributed by atoms with Crippen LogP contribution in [0, 0.1) is 0 Å². The number of nitrogens with zero attached hydrogens (tertiary/aromatic N) is 4. The highest BCUT2D eigenvalue weighted by atomic mass is 19.4. The van der Waals surface area contributed by atoms with Gasteiger partial charge >= 0.3 is 6.18 Å². The van der Waals surface area contributed by atoms with Crippen LogP contribution in [0.3, 0.4) is 0 Å². The molecule has 0 fully saturated rings. The Morgan fingerprint density at radius 1 is 1.17 bits per heavy atom. The average molecular weight is 262 g/mol. The van der Waals surface area contributed by atoms with Crippen molar-refractivity contribution in [2.24, 2.45) is 0 Å². The molecular formula is C11H17F3N4. The molecule has 0 N–H and O–H groups in total. The molecule has 0 radical (unpaired) electrons. The molecule has 0 bridgehead atoms. The fraction of sp³-hybridized carbons (Fsp3) is 0.818. The van der Waals surface area contributed by atoms with Gasteiger partial charge < -0.3 is 4.57 Å². The van der Waals surface area contributed by atoms with Crippen LogP contribution in [0.2, 0.25) is 0 Å². The molecule has 1 aromatic rings. The number of fused-ring (bicyclic) bond motifs is 1. The van der Waals surface area contributed by atoms with E-state index in [0.717, 1.165) is 0 Å². The smallest absolute Gasteiger partial charge is 0.302 e. The van der Waals surface area contributed by atoms with Crippen molar-refractivity contribution in [1.29, 1.82) is 0 Å². The van der Waals surface area contributed by atoms with Crippen molar-refractivity contribution in [2.75, 3.05) is 6.54 Å². The molecule has 0 spiro atoms. The molecule has 2 rings (SSSR count). The second-order valence-electron chi connectivity index (χ2n) is 5.71. The molecule has 1 atom stereocenters. The van der Waals surface area contributed by atoms with Crippen molar-refractivity contribution in [2.45, 2.75) is 52.0 Å². The molecule has 1 aliphatic rings. The van der Waals surface area contributed by atoms with E-state index in [9.17, 15) is 13.2 Å². The van der Waals surface area contributed by atoms with Gasteiger partial charge in [0.1, 0.15) is 5.82 Å². The average Bonchev–Trinajstić information content (AvgIpc) is 2.59. The van der Waals surface area contributed by atoms with E-state index < -0.39 is 12.0 Å². The van der Waals surface area contributed by atoms with Gasteiger partial charge in [0.15, 0.2) is 0 Å². The maximum atomic E-state index is 12.8. The molecule has 2 heterocycles. The number of aromatic nitrogens is 3. The van der Waals surface area contributed by atoms with Gasteiger partial charge in [0.2, 0.25) is 5.82 Å². The Kier molecular flexibility index (Phi) is 2.92. The minimum absolute atomic E-state index is 0.0934. The predicted octanol–water partition coefficient (Wildman–Crippen LogP) is 2.47. The van der Waals surface area contributed by atoms with Crippen molar-refractivity contribution in [3.8, 4) is 0 Å². The molecule has 102 valence electrons. The summed E-state index contributed by atoms with van der Waals surface area (Å²) in [6.07, 6.45) is -4.44. The Balaban J connectivity index is 2.38. The highest BCUT2D eigenvalue weighted by Crippen LogP contribution is 2.34. The molecule has 1 unspecified atom stereocenters. The van der Waals surface area contributed by atoms with E-state index in [2.05, 4.69) is 15.1 Å². The Morgan fingerprint density at radius 3 is 2.28 bits per heavy atom. The topological polar surface area (TPSA) is 34.0 Å². The van der Waals surface area contributed by atoms with Gasteiger partial charge in [-0.25, -0.2) is 0 Å². The summed E-state index contributed by atoms with van der Waals surface area (Å²) in [6, 6.07) is -0.278. The van der Waals surface area contributed by atoms with Gasteiger partial charge in [-0.1, -0.05) is 0 Å². The van der Waals surface area contributed by atoms with Gasteiger partial charge in [-0.05, 0) is 27.7 Å². The minimum atomic E-state index is -4.44. The van der Waals surface area contributed by atoms with E-state index >= 15 is 0 Å². The van der Waals surface area contributed by atoms with Crippen LogP contribution in [0.4, 0.5) is 13.2 Å². The van der Waals surface area contributed by atoms with Crippen LogP contribution in [0.15, 0.2) is 0 Å². The third-order valence-electron chi connectivity index (χ3n) is 3.23. The van der Waals surface area contributed by atoms with Gasteiger partial charge in [-0.2, -0.15) is 13.2 Å². The first-order valence-electron chi connectivity index (χ1n) is 5.86. The van der Waals surface area contributed by atoms with Crippen molar-refractivity contribution in [3.63, 3.8) is 0 Å². The van der Waals surface area contributed by atoms with Crippen LogP contribution in [-0.2, 0) is 12.7 Å². The molecular weight excluding hydrogens is 245 g/mol. The lowest BCUT2D eigenvalue weighted by atomic mass is 10.0. The zero-order chi connectivity index (χ0) is 13.7. The van der Waals surface area contributed by atoms with Crippen molar-refractivity contribution in [1.82, 2.24) is 19.7 Å². The predicted molar refractivity (Wildman–Crippen MR) is 59.9 cm³/mol. The van der Waals surface area contributed by atoms with Crippen LogP contribution in [-0.4, -0.2) is 31.7 Å². The summed E-state index contributed by atoms with van der Waals surface area (Å²) in [5.74, 6) is -0.505. The summed E-state index contributed by atoms with van der Waals surface area (Å²) in [6.45, 7) is 8.85. The maximum absolute atomic E-state index is 12.8. The normalized spacial score (nSPS) is 22.1. The van der Waals surface area contributed by atoms with E-state index in [1.54, 1.807) is 6.92 Å². The van der Waals surface area contributed by atoms with Crippen molar-refractivity contribution in [3.05, 3.63) is 11.6 Å². The SMILES string of the molecule is CC1CN(C(C)(C)C)Cc2nnc(C(F)(F)F)n21. The van der Waals surface area contributed by atoms with Crippen LogP contribution < -0.4 is 0 Å². The van der Waals surface area contributed by atoms with Gasteiger partial charge in [0, 0.05) is 18.1 Å². The molecule has 0 saturated heterocycles. The van der Waals surface area contributed by atoms with Crippen LogP contribution in [0.1, 0.15) is 45.4 Å². The summed E-state index contributed by atoms with van der Waals surface area (Å²) in [5, 5.41) is 6.99. The lowest BCUT2D eigenvalue weighted by molar-refractivity contribution is -0.148. The third kappa shape index (κ3) is 2.23. The number of alkyl halides is 3. The summed E-state index contributed by atoms with van der Waals surface area (Å²) < 4.78 is 39.5. The Bertz CT molecular complexity index is 444. The summed E-state index contributed by atoms with van der Waals surface area (Å²) in [4.78, 5) is 2.11. The standard InChI is InChI=1S/C11H17F3N4/c1-7-5-17(10(2,3)4)6-8-15-16-9(18(7)8)11(12,13)14/h7H,5-6H2,1-4H3. The number of hydrogen-bond donors (Lipinski definition) is 0. The van der Waals surface area contributed by atoms with Crippen molar-refractivity contribution >= 4 is 0 Å². The minimum Gasteiger partial charge on any atom is -0.302 e.